The third-order valence-corrected chi connectivity index (χ3v) is 4.92. The van der Waals surface area contributed by atoms with E-state index in [9.17, 15) is 17.6 Å². The average molecular weight is 487 g/mol. The van der Waals surface area contributed by atoms with Gasteiger partial charge in [0.2, 0.25) is 5.89 Å². The highest BCUT2D eigenvalue weighted by atomic mass is 19.4. The van der Waals surface area contributed by atoms with E-state index in [1.807, 2.05) is 24.3 Å². The number of halogens is 4. The summed E-state index contributed by atoms with van der Waals surface area (Å²) in [5.74, 6) is -0.122. The number of rotatable bonds is 11. The molecule has 0 aliphatic carbocycles. The van der Waals surface area contributed by atoms with Crippen molar-refractivity contribution >= 4 is 18.4 Å². The van der Waals surface area contributed by atoms with E-state index in [1.54, 1.807) is 12.3 Å². The first-order valence-corrected chi connectivity index (χ1v) is 10.9. The number of unbranched alkanes of at least 4 members (excludes halogenated alkanes) is 1. The number of ether oxygens (including phenoxy) is 1. The highest BCUT2D eigenvalue weighted by Gasteiger charge is 2.30. The fourth-order valence-electron chi connectivity index (χ4n) is 3.09. The van der Waals surface area contributed by atoms with Gasteiger partial charge in [0.05, 0.1) is 5.56 Å². The molecule has 0 atom stereocenters. The predicted octanol–water partition coefficient (Wildman–Crippen LogP) is 6.45. The van der Waals surface area contributed by atoms with E-state index in [-0.39, 0.29) is 18.1 Å². The molecule has 0 aliphatic rings. The van der Waals surface area contributed by atoms with Gasteiger partial charge in [0, 0.05) is 24.4 Å². The molecule has 3 rings (SSSR count). The number of benzene rings is 2. The van der Waals surface area contributed by atoms with Crippen LogP contribution in [-0.2, 0) is 19.2 Å². The number of aryl methyl sites for hydroxylation is 1. The van der Waals surface area contributed by atoms with E-state index in [0.29, 0.717) is 17.5 Å². The Bertz CT molecular complexity index is 1170. The number of aromatic nitrogens is 1. The minimum atomic E-state index is -4.60. The second-order valence-electron chi connectivity index (χ2n) is 7.57. The molecule has 2 aromatic carbocycles. The van der Waals surface area contributed by atoms with Crippen molar-refractivity contribution in [1.82, 2.24) is 4.98 Å². The maximum absolute atomic E-state index is 13.9. The molecule has 1 aromatic heterocycles. The number of oxazole rings is 1. The summed E-state index contributed by atoms with van der Waals surface area (Å²) in [5.41, 5.74) is 5.90. The van der Waals surface area contributed by atoms with Crippen molar-refractivity contribution in [2.75, 3.05) is 6.54 Å². The lowest BCUT2D eigenvalue weighted by molar-refractivity contribution is -0.137. The van der Waals surface area contributed by atoms with E-state index in [2.05, 4.69) is 9.98 Å². The number of aliphatic imine (C=N–C) groups is 1. The summed E-state index contributed by atoms with van der Waals surface area (Å²) in [6.45, 7) is 0.931. The molecule has 5 nitrogen and oxygen atoms in total. The Morgan fingerprint density at radius 3 is 2.57 bits per heavy atom. The molecule has 2 N–H and O–H groups in total. The quantitative estimate of drug-likeness (QED) is 0.192. The zero-order chi connectivity index (χ0) is 25.1. The first kappa shape index (κ1) is 25.7. The number of nitrogens with two attached hydrogens (primary N) is 1. The van der Waals surface area contributed by atoms with Crippen LogP contribution in [0.5, 0.6) is 5.75 Å². The van der Waals surface area contributed by atoms with Crippen molar-refractivity contribution in [3.63, 3.8) is 0 Å². The van der Waals surface area contributed by atoms with Crippen LogP contribution in [0.2, 0.25) is 0 Å². The largest absolute Gasteiger partial charge is 0.487 e. The molecule has 9 heteroatoms. The summed E-state index contributed by atoms with van der Waals surface area (Å²) in [7, 11) is 0. The van der Waals surface area contributed by atoms with Gasteiger partial charge < -0.3 is 14.9 Å². The molecule has 0 unspecified atom stereocenters. The predicted molar refractivity (Wildman–Crippen MR) is 127 cm³/mol. The van der Waals surface area contributed by atoms with Gasteiger partial charge in [-0.25, -0.2) is 9.37 Å². The normalized spacial score (nSPS) is 12.3. The molecule has 0 fully saturated rings. The van der Waals surface area contributed by atoms with Gasteiger partial charge in [-0.2, -0.15) is 13.2 Å². The summed E-state index contributed by atoms with van der Waals surface area (Å²) in [6, 6.07) is 10.1. The van der Waals surface area contributed by atoms with Crippen LogP contribution in [0.3, 0.4) is 0 Å². The maximum atomic E-state index is 13.9. The molecule has 3 aromatic rings. The number of hydrogen-bond donors (Lipinski definition) is 1. The first-order chi connectivity index (χ1) is 16.8. The van der Waals surface area contributed by atoms with Crippen molar-refractivity contribution in [3.8, 4) is 5.75 Å². The third-order valence-electron chi connectivity index (χ3n) is 4.92. The fraction of sp³-hybridized carbons (Fsp3) is 0.231. The van der Waals surface area contributed by atoms with Gasteiger partial charge >= 0.3 is 6.18 Å². The Morgan fingerprint density at radius 2 is 1.86 bits per heavy atom. The van der Waals surface area contributed by atoms with Gasteiger partial charge in [-0.05, 0) is 67.4 Å². The van der Waals surface area contributed by atoms with Crippen LogP contribution in [0, 0.1) is 5.82 Å². The van der Waals surface area contributed by atoms with Crippen LogP contribution < -0.4 is 10.5 Å². The Balaban J connectivity index is 1.46. The van der Waals surface area contributed by atoms with Crippen molar-refractivity contribution in [1.29, 1.82) is 0 Å². The fourth-order valence-corrected chi connectivity index (χ4v) is 3.09. The summed E-state index contributed by atoms with van der Waals surface area (Å²) < 4.78 is 62.9. The molecule has 0 radical (unpaired) electrons. The second-order valence-corrected chi connectivity index (χ2v) is 7.57. The molecule has 0 saturated carbocycles. The van der Waals surface area contributed by atoms with Crippen molar-refractivity contribution in [3.05, 3.63) is 95.1 Å². The number of nitrogens with zero attached hydrogens (tertiary/aromatic N) is 2. The van der Waals surface area contributed by atoms with Crippen LogP contribution in [-0.4, -0.2) is 17.7 Å². The number of alkyl halides is 3. The van der Waals surface area contributed by atoms with Crippen molar-refractivity contribution in [2.45, 2.75) is 32.0 Å². The van der Waals surface area contributed by atoms with Gasteiger partial charge in [0.15, 0.2) is 0 Å². The molecule has 0 aliphatic heterocycles. The lowest BCUT2D eigenvalue weighted by atomic mass is 10.1. The van der Waals surface area contributed by atoms with Crippen molar-refractivity contribution in [2.24, 2.45) is 10.7 Å². The van der Waals surface area contributed by atoms with Gasteiger partial charge in [-0.3, -0.25) is 4.99 Å². The van der Waals surface area contributed by atoms with Crippen LogP contribution in [0.4, 0.5) is 17.6 Å². The van der Waals surface area contributed by atoms with Gasteiger partial charge in [0.25, 0.3) is 0 Å². The number of hydrogen-bond acceptors (Lipinski definition) is 5. The Hall–Kier alpha value is -3.88. The highest BCUT2D eigenvalue weighted by Crippen LogP contribution is 2.30. The molecule has 184 valence electrons. The van der Waals surface area contributed by atoms with Gasteiger partial charge in [0.1, 0.15) is 30.1 Å². The van der Waals surface area contributed by atoms with E-state index < -0.39 is 17.6 Å². The van der Waals surface area contributed by atoms with E-state index >= 15 is 0 Å². The second kappa shape index (κ2) is 12.5. The minimum absolute atomic E-state index is 0.00873. The Kier molecular flexibility index (Phi) is 9.23. The van der Waals surface area contributed by atoms with Gasteiger partial charge in [-0.1, -0.05) is 18.2 Å². The molecular formula is C26H25F4N3O2. The van der Waals surface area contributed by atoms with Crippen LogP contribution >= 0.6 is 0 Å². The molecule has 1 heterocycles. The summed E-state index contributed by atoms with van der Waals surface area (Å²) in [6.07, 6.45) is 7.28. The molecular weight excluding hydrogens is 462 g/mol. The van der Waals surface area contributed by atoms with E-state index in [0.717, 1.165) is 37.9 Å². The molecule has 35 heavy (non-hydrogen) atoms. The summed E-state index contributed by atoms with van der Waals surface area (Å²) >= 11 is 0. The van der Waals surface area contributed by atoms with Crippen LogP contribution in [0.15, 0.2) is 70.4 Å². The zero-order valence-corrected chi connectivity index (χ0v) is 18.8. The summed E-state index contributed by atoms with van der Waals surface area (Å²) in [4.78, 5) is 8.44. The molecule has 0 saturated heterocycles. The lowest BCUT2D eigenvalue weighted by Crippen LogP contribution is -2.05. The number of allylic oxidation sites excluding steroid dienone is 1. The van der Waals surface area contributed by atoms with E-state index in [4.69, 9.17) is 14.9 Å². The maximum Gasteiger partial charge on any atom is 0.416 e. The van der Waals surface area contributed by atoms with E-state index in [1.165, 1.54) is 30.2 Å². The van der Waals surface area contributed by atoms with Crippen molar-refractivity contribution < 1.29 is 26.7 Å². The minimum Gasteiger partial charge on any atom is -0.487 e. The topological polar surface area (TPSA) is 73.6 Å². The SMILES string of the molecule is NC=CC=NCCCCc1ccc(OCc2coc(/C=C/c3ccc(C(F)(F)F)cc3F)n2)cc1. The highest BCUT2D eigenvalue weighted by molar-refractivity contribution is 5.70. The smallest absolute Gasteiger partial charge is 0.416 e. The molecule has 0 bridgehead atoms. The van der Waals surface area contributed by atoms with Gasteiger partial charge in [-0.15, -0.1) is 0 Å². The first-order valence-electron chi connectivity index (χ1n) is 10.9. The standard InChI is InChI=1S/C26H25F4N3O2/c27-24-16-21(26(28,29)30)9-7-20(24)8-12-25-33-22(18-35-25)17-34-23-10-5-19(6-11-23)4-1-2-14-32-15-3-13-31/h3,5-13,15-16,18H,1-2,4,14,17,31H2/b12-8+,13-3?,32-15?. The average Bonchev–Trinajstić information content (AvgIpc) is 3.29. The molecule has 0 spiro atoms. The summed E-state index contributed by atoms with van der Waals surface area (Å²) in [5, 5.41) is 0. The van der Waals surface area contributed by atoms with Crippen LogP contribution in [0.25, 0.3) is 12.2 Å². The monoisotopic (exact) mass is 487 g/mol. The third kappa shape index (κ3) is 8.44. The van der Waals surface area contributed by atoms with Crippen LogP contribution in [0.1, 0.15) is 41.1 Å². The zero-order valence-electron chi connectivity index (χ0n) is 18.8. The Labute approximate surface area is 200 Å². The lowest BCUT2D eigenvalue weighted by Gasteiger charge is -2.07. The molecule has 0 amide bonds. The Morgan fingerprint density at radius 1 is 1.06 bits per heavy atom.